The molecule has 0 aromatic rings. The molecule has 2 saturated carbocycles. The minimum atomic E-state index is -0.562. The molecule has 0 spiro atoms. The summed E-state index contributed by atoms with van der Waals surface area (Å²) in [6.07, 6.45) is 6.48. The van der Waals surface area contributed by atoms with Gasteiger partial charge in [0.15, 0.2) is 0 Å². The molecule has 1 heteroatoms. The van der Waals surface area contributed by atoms with Gasteiger partial charge in [-0.2, -0.15) is 0 Å². The molecule has 2 fully saturated rings. The van der Waals surface area contributed by atoms with E-state index >= 15 is 0 Å². The molecule has 0 amide bonds. The number of aliphatic hydroxyl groups is 1. The second-order valence-electron chi connectivity index (χ2n) is 5.46. The summed E-state index contributed by atoms with van der Waals surface area (Å²) in [6, 6.07) is 0. The number of rotatable bonds is 1. The van der Waals surface area contributed by atoms with E-state index in [0.29, 0.717) is 11.8 Å². The van der Waals surface area contributed by atoms with Crippen LogP contribution in [0.2, 0.25) is 0 Å². The molecule has 0 aromatic heterocycles. The zero-order valence-electron chi connectivity index (χ0n) is 9.37. The van der Waals surface area contributed by atoms with Crippen molar-refractivity contribution in [1.82, 2.24) is 0 Å². The molecule has 1 N–H and O–H groups in total. The van der Waals surface area contributed by atoms with Crippen LogP contribution < -0.4 is 0 Å². The maximum absolute atomic E-state index is 10.5. The van der Waals surface area contributed by atoms with E-state index in [1.165, 1.54) is 12.8 Å². The van der Waals surface area contributed by atoms with Crippen LogP contribution in [0.3, 0.4) is 0 Å². The van der Waals surface area contributed by atoms with Gasteiger partial charge in [0, 0.05) is 0 Å². The van der Waals surface area contributed by atoms with Crippen LogP contribution in [-0.2, 0) is 0 Å². The van der Waals surface area contributed by atoms with Crippen molar-refractivity contribution in [3.63, 3.8) is 0 Å². The van der Waals surface area contributed by atoms with E-state index in [0.717, 1.165) is 24.7 Å². The smallest absolute Gasteiger partial charge is 0.0858 e. The maximum Gasteiger partial charge on any atom is 0.0858 e. The summed E-state index contributed by atoms with van der Waals surface area (Å²) < 4.78 is 0. The molecule has 0 heterocycles. The van der Waals surface area contributed by atoms with Gasteiger partial charge < -0.3 is 5.11 Å². The SMILES string of the molecule is C=C[C@@]1(O)CC[C@H](C)[C@@H]2CC[C@H](C)[C@@H]21. The Labute approximate surface area is 87.2 Å². The number of hydrogen-bond donors (Lipinski definition) is 1. The van der Waals surface area contributed by atoms with Gasteiger partial charge in [-0.15, -0.1) is 6.58 Å². The highest BCUT2D eigenvalue weighted by Crippen LogP contribution is 2.53. The fourth-order valence-electron chi connectivity index (χ4n) is 3.82. The summed E-state index contributed by atoms with van der Waals surface area (Å²) in [7, 11) is 0. The molecule has 2 aliphatic carbocycles. The van der Waals surface area contributed by atoms with E-state index < -0.39 is 5.60 Å². The minimum Gasteiger partial charge on any atom is -0.385 e. The highest BCUT2D eigenvalue weighted by atomic mass is 16.3. The van der Waals surface area contributed by atoms with Crippen LogP contribution in [0.4, 0.5) is 0 Å². The molecule has 2 aliphatic rings. The predicted molar refractivity (Wildman–Crippen MR) is 58.9 cm³/mol. The Morgan fingerprint density at radius 1 is 1.21 bits per heavy atom. The van der Waals surface area contributed by atoms with Crippen molar-refractivity contribution in [1.29, 1.82) is 0 Å². The van der Waals surface area contributed by atoms with Gasteiger partial charge in [0.05, 0.1) is 5.60 Å². The van der Waals surface area contributed by atoms with E-state index in [1.54, 1.807) is 6.08 Å². The lowest BCUT2D eigenvalue weighted by atomic mass is 9.64. The topological polar surface area (TPSA) is 20.2 Å². The quantitative estimate of drug-likeness (QED) is 0.636. The molecular weight excluding hydrogens is 172 g/mol. The Kier molecular flexibility index (Phi) is 2.46. The van der Waals surface area contributed by atoms with Crippen molar-refractivity contribution in [3.05, 3.63) is 12.7 Å². The highest BCUT2D eigenvalue weighted by Gasteiger charge is 2.50. The molecule has 5 atom stereocenters. The van der Waals surface area contributed by atoms with E-state index in [9.17, 15) is 5.11 Å². The first-order valence-electron chi connectivity index (χ1n) is 5.94. The van der Waals surface area contributed by atoms with Gasteiger partial charge in [0.1, 0.15) is 0 Å². The molecule has 14 heavy (non-hydrogen) atoms. The molecular formula is C13H22O. The Morgan fingerprint density at radius 2 is 1.93 bits per heavy atom. The largest absolute Gasteiger partial charge is 0.385 e. The fraction of sp³-hybridized carbons (Fsp3) is 0.846. The molecule has 0 aromatic carbocycles. The molecule has 80 valence electrons. The second kappa shape index (κ2) is 3.37. The normalized spacial score (nSPS) is 52.8. The van der Waals surface area contributed by atoms with Gasteiger partial charge in [-0.1, -0.05) is 26.3 Å². The lowest BCUT2D eigenvalue weighted by Crippen LogP contribution is -2.46. The van der Waals surface area contributed by atoms with Crippen LogP contribution in [0, 0.1) is 23.7 Å². The molecule has 0 bridgehead atoms. The van der Waals surface area contributed by atoms with Crippen molar-refractivity contribution >= 4 is 0 Å². The fourth-order valence-corrected chi connectivity index (χ4v) is 3.82. The third-order valence-corrected chi connectivity index (χ3v) is 4.69. The monoisotopic (exact) mass is 194 g/mol. The third kappa shape index (κ3) is 1.33. The molecule has 0 aliphatic heterocycles. The van der Waals surface area contributed by atoms with Crippen LogP contribution in [0.1, 0.15) is 39.5 Å². The molecule has 0 saturated heterocycles. The first-order chi connectivity index (χ1) is 6.58. The van der Waals surface area contributed by atoms with E-state index in [1.807, 2.05) is 0 Å². The minimum absolute atomic E-state index is 0.476. The summed E-state index contributed by atoms with van der Waals surface area (Å²) in [4.78, 5) is 0. The van der Waals surface area contributed by atoms with Crippen LogP contribution in [0.5, 0.6) is 0 Å². The lowest BCUT2D eigenvalue weighted by Gasteiger charge is -2.44. The van der Waals surface area contributed by atoms with E-state index in [4.69, 9.17) is 0 Å². The summed E-state index contributed by atoms with van der Waals surface area (Å²) >= 11 is 0. The van der Waals surface area contributed by atoms with E-state index in [-0.39, 0.29) is 0 Å². The van der Waals surface area contributed by atoms with Crippen LogP contribution in [-0.4, -0.2) is 10.7 Å². The zero-order chi connectivity index (χ0) is 10.3. The van der Waals surface area contributed by atoms with Gasteiger partial charge in [-0.3, -0.25) is 0 Å². The molecule has 0 unspecified atom stereocenters. The zero-order valence-corrected chi connectivity index (χ0v) is 9.37. The first kappa shape index (κ1) is 10.2. The Bertz CT molecular complexity index is 235. The highest BCUT2D eigenvalue weighted by molar-refractivity contribution is 5.09. The van der Waals surface area contributed by atoms with Crippen molar-refractivity contribution in [2.45, 2.75) is 45.1 Å². The lowest BCUT2D eigenvalue weighted by molar-refractivity contribution is -0.0556. The average molecular weight is 194 g/mol. The summed E-state index contributed by atoms with van der Waals surface area (Å²) in [5, 5.41) is 10.5. The average Bonchev–Trinajstić information content (AvgIpc) is 2.56. The summed E-state index contributed by atoms with van der Waals surface area (Å²) in [5.74, 6) is 2.68. The van der Waals surface area contributed by atoms with Gasteiger partial charge in [0.25, 0.3) is 0 Å². The maximum atomic E-state index is 10.5. The van der Waals surface area contributed by atoms with Gasteiger partial charge >= 0.3 is 0 Å². The van der Waals surface area contributed by atoms with Crippen LogP contribution in [0.15, 0.2) is 12.7 Å². The molecule has 1 nitrogen and oxygen atoms in total. The van der Waals surface area contributed by atoms with Crippen molar-refractivity contribution in [3.8, 4) is 0 Å². The van der Waals surface area contributed by atoms with Crippen molar-refractivity contribution < 1.29 is 5.11 Å². The van der Waals surface area contributed by atoms with Crippen LogP contribution in [0.25, 0.3) is 0 Å². The Balaban J connectivity index is 2.27. The van der Waals surface area contributed by atoms with Crippen molar-refractivity contribution in [2.24, 2.45) is 23.7 Å². The predicted octanol–water partition coefficient (Wildman–Crippen LogP) is 3.00. The molecule has 2 rings (SSSR count). The van der Waals surface area contributed by atoms with Crippen LogP contribution >= 0.6 is 0 Å². The second-order valence-corrected chi connectivity index (χ2v) is 5.46. The molecule has 0 radical (unpaired) electrons. The third-order valence-electron chi connectivity index (χ3n) is 4.69. The summed E-state index contributed by atoms with van der Waals surface area (Å²) in [5.41, 5.74) is -0.562. The van der Waals surface area contributed by atoms with Gasteiger partial charge in [-0.25, -0.2) is 0 Å². The number of fused-ring (bicyclic) bond motifs is 1. The Hall–Kier alpha value is -0.300. The standard InChI is InChI=1S/C13H22O/c1-4-13(14)8-7-9(2)11-6-5-10(3)12(11)13/h4,9-12,14H,1,5-8H2,2-3H3/t9-,10-,11-,12-,13+/m0/s1. The van der Waals surface area contributed by atoms with E-state index in [2.05, 4.69) is 20.4 Å². The number of hydrogen-bond acceptors (Lipinski definition) is 1. The van der Waals surface area contributed by atoms with Gasteiger partial charge in [0.2, 0.25) is 0 Å². The summed E-state index contributed by atoms with van der Waals surface area (Å²) in [6.45, 7) is 8.46. The van der Waals surface area contributed by atoms with Crippen molar-refractivity contribution in [2.75, 3.05) is 0 Å². The Morgan fingerprint density at radius 3 is 2.57 bits per heavy atom. The first-order valence-corrected chi connectivity index (χ1v) is 5.94. The van der Waals surface area contributed by atoms with Gasteiger partial charge in [-0.05, 0) is 42.9 Å².